The molecule has 0 atom stereocenters. The Morgan fingerprint density at radius 2 is 2.00 bits per heavy atom. The fourth-order valence-electron chi connectivity index (χ4n) is 2.03. The van der Waals surface area contributed by atoms with E-state index in [0.717, 1.165) is 17.1 Å². The van der Waals surface area contributed by atoms with E-state index in [1.165, 1.54) is 10.1 Å². The first-order chi connectivity index (χ1) is 9.15. The molecule has 0 aliphatic heterocycles. The standard InChI is InChI=1S/C15H13ClN2S/c1-9(2)15-17-12(8-13(16)18-15)11-5-3-4-10-6-7-19-14(10)11/h3-9H,1-2H3. The van der Waals surface area contributed by atoms with E-state index in [1.54, 1.807) is 11.3 Å². The van der Waals surface area contributed by atoms with Gasteiger partial charge in [-0.3, -0.25) is 0 Å². The predicted octanol–water partition coefficient (Wildman–Crippen LogP) is 5.14. The second-order valence-electron chi connectivity index (χ2n) is 4.73. The van der Waals surface area contributed by atoms with E-state index in [1.807, 2.05) is 6.07 Å². The largest absolute Gasteiger partial charge is 0.232 e. The van der Waals surface area contributed by atoms with Crippen LogP contribution >= 0.6 is 22.9 Å². The van der Waals surface area contributed by atoms with Crippen LogP contribution in [0.5, 0.6) is 0 Å². The molecular weight excluding hydrogens is 276 g/mol. The van der Waals surface area contributed by atoms with E-state index < -0.39 is 0 Å². The van der Waals surface area contributed by atoms with Gasteiger partial charge in [0.25, 0.3) is 0 Å². The molecule has 0 saturated heterocycles. The summed E-state index contributed by atoms with van der Waals surface area (Å²) in [6.45, 7) is 4.14. The number of hydrogen-bond acceptors (Lipinski definition) is 3. The van der Waals surface area contributed by atoms with Gasteiger partial charge in [-0.05, 0) is 16.8 Å². The molecule has 0 N–H and O–H groups in total. The summed E-state index contributed by atoms with van der Waals surface area (Å²) in [7, 11) is 0. The van der Waals surface area contributed by atoms with Crippen molar-refractivity contribution in [1.29, 1.82) is 0 Å². The molecule has 0 unspecified atom stereocenters. The molecule has 2 heterocycles. The molecule has 0 amide bonds. The van der Waals surface area contributed by atoms with Crippen LogP contribution in [-0.2, 0) is 0 Å². The average molecular weight is 289 g/mol. The minimum atomic E-state index is 0.264. The fourth-order valence-corrected chi connectivity index (χ4v) is 3.14. The van der Waals surface area contributed by atoms with Crippen molar-refractivity contribution in [3.63, 3.8) is 0 Å². The van der Waals surface area contributed by atoms with Crippen molar-refractivity contribution in [3.8, 4) is 11.3 Å². The lowest BCUT2D eigenvalue weighted by atomic mass is 10.1. The highest BCUT2D eigenvalue weighted by atomic mass is 35.5. The predicted molar refractivity (Wildman–Crippen MR) is 82.0 cm³/mol. The molecule has 19 heavy (non-hydrogen) atoms. The maximum atomic E-state index is 6.12. The van der Waals surface area contributed by atoms with Gasteiger partial charge >= 0.3 is 0 Å². The molecule has 2 aromatic heterocycles. The van der Waals surface area contributed by atoms with Crippen LogP contribution in [0.4, 0.5) is 0 Å². The molecule has 0 bridgehead atoms. The van der Waals surface area contributed by atoms with Crippen molar-refractivity contribution in [1.82, 2.24) is 9.97 Å². The molecule has 96 valence electrons. The molecule has 0 radical (unpaired) electrons. The smallest absolute Gasteiger partial charge is 0.133 e. The van der Waals surface area contributed by atoms with Crippen LogP contribution in [0.1, 0.15) is 25.6 Å². The Kier molecular flexibility index (Phi) is 3.25. The molecule has 3 rings (SSSR count). The Morgan fingerprint density at radius 3 is 2.79 bits per heavy atom. The van der Waals surface area contributed by atoms with Gasteiger partial charge in [0.15, 0.2) is 0 Å². The highest BCUT2D eigenvalue weighted by molar-refractivity contribution is 7.17. The minimum absolute atomic E-state index is 0.264. The summed E-state index contributed by atoms with van der Waals surface area (Å²) in [6.07, 6.45) is 0. The van der Waals surface area contributed by atoms with E-state index in [0.29, 0.717) is 5.15 Å². The molecule has 0 aliphatic rings. The number of halogens is 1. The molecule has 3 aromatic rings. The first-order valence-corrected chi connectivity index (χ1v) is 7.42. The maximum Gasteiger partial charge on any atom is 0.133 e. The summed E-state index contributed by atoms with van der Waals surface area (Å²) in [6, 6.07) is 10.2. The number of nitrogens with zero attached hydrogens (tertiary/aromatic N) is 2. The lowest BCUT2D eigenvalue weighted by Crippen LogP contribution is -1.99. The van der Waals surface area contributed by atoms with Crippen LogP contribution in [0.25, 0.3) is 21.3 Å². The number of thiophene rings is 1. The number of rotatable bonds is 2. The summed E-state index contributed by atoms with van der Waals surface area (Å²) in [4.78, 5) is 8.93. The Bertz CT molecular complexity index is 734. The molecule has 0 spiro atoms. The SMILES string of the molecule is CC(C)c1nc(Cl)cc(-c2cccc3ccsc23)n1. The van der Waals surface area contributed by atoms with Crippen LogP contribution in [0.3, 0.4) is 0 Å². The molecule has 0 fully saturated rings. The van der Waals surface area contributed by atoms with Crippen molar-refractivity contribution < 1.29 is 0 Å². The van der Waals surface area contributed by atoms with Crippen molar-refractivity contribution in [2.24, 2.45) is 0 Å². The Labute approximate surface area is 121 Å². The Hall–Kier alpha value is -1.45. The van der Waals surface area contributed by atoms with Gasteiger partial charge in [-0.25, -0.2) is 9.97 Å². The highest BCUT2D eigenvalue weighted by Gasteiger charge is 2.11. The summed E-state index contributed by atoms with van der Waals surface area (Å²) in [5, 5.41) is 3.84. The second kappa shape index (κ2) is 4.91. The lowest BCUT2D eigenvalue weighted by molar-refractivity contribution is 0.776. The van der Waals surface area contributed by atoms with Gasteiger partial charge in [0, 0.05) is 22.2 Å². The number of benzene rings is 1. The van der Waals surface area contributed by atoms with E-state index in [-0.39, 0.29) is 5.92 Å². The first kappa shape index (κ1) is 12.6. The molecule has 0 saturated carbocycles. The normalized spacial score (nSPS) is 11.4. The van der Waals surface area contributed by atoms with E-state index in [9.17, 15) is 0 Å². The number of aromatic nitrogens is 2. The molecule has 0 aliphatic carbocycles. The zero-order valence-electron chi connectivity index (χ0n) is 10.7. The monoisotopic (exact) mass is 288 g/mol. The van der Waals surface area contributed by atoms with E-state index >= 15 is 0 Å². The quantitative estimate of drug-likeness (QED) is 0.611. The number of hydrogen-bond donors (Lipinski definition) is 0. The molecule has 1 aromatic carbocycles. The topological polar surface area (TPSA) is 25.8 Å². The van der Waals surface area contributed by atoms with Crippen LogP contribution in [0.2, 0.25) is 5.15 Å². The van der Waals surface area contributed by atoms with Crippen molar-refractivity contribution in [2.75, 3.05) is 0 Å². The highest BCUT2D eigenvalue weighted by Crippen LogP contribution is 2.32. The summed E-state index contributed by atoms with van der Waals surface area (Å²) < 4.78 is 1.24. The van der Waals surface area contributed by atoms with Gasteiger partial charge < -0.3 is 0 Å². The van der Waals surface area contributed by atoms with Crippen LogP contribution in [-0.4, -0.2) is 9.97 Å². The van der Waals surface area contributed by atoms with Crippen LogP contribution in [0.15, 0.2) is 35.7 Å². The number of fused-ring (bicyclic) bond motifs is 1. The van der Waals surface area contributed by atoms with E-state index in [4.69, 9.17) is 11.6 Å². The maximum absolute atomic E-state index is 6.12. The Morgan fingerprint density at radius 1 is 1.16 bits per heavy atom. The van der Waals surface area contributed by atoms with Crippen LogP contribution in [0, 0.1) is 0 Å². The summed E-state index contributed by atoms with van der Waals surface area (Å²) >= 11 is 7.85. The zero-order chi connectivity index (χ0) is 13.4. The summed E-state index contributed by atoms with van der Waals surface area (Å²) in [5.74, 6) is 1.05. The average Bonchev–Trinajstić information content (AvgIpc) is 2.85. The van der Waals surface area contributed by atoms with Gasteiger partial charge in [0.05, 0.1) is 5.69 Å². The van der Waals surface area contributed by atoms with Crippen molar-refractivity contribution in [3.05, 3.63) is 46.7 Å². The summed E-state index contributed by atoms with van der Waals surface area (Å²) in [5.41, 5.74) is 2.02. The first-order valence-electron chi connectivity index (χ1n) is 6.16. The third-order valence-corrected chi connectivity index (χ3v) is 4.14. The van der Waals surface area contributed by atoms with Crippen LogP contribution < -0.4 is 0 Å². The van der Waals surface area contributed by atoms with Crippen molar-refractivity contribution >= 4 is 33.0 Å². The van der Waals surface area contributed by atoms with E-state index in [2.05, 4.69) is 53.5 Å². The fraction of sp³-hybridized carbons (Fsp3) is 0.200. The second-order valence-corrected chi connectivity index (χ2v) is 6.04. The third kappa shape index (κ3) is 2.36. The van der Waals surface area contributed by atoms with Crippen molar-refractivity contribution in [2.45, 2.75) is 19.8 Å². The van der Waals surface area contributed by atoms with Gasteiger partial charge in [-0.15, -0.1) is 11.3 Å². The Balaban J connectivity index is 2.24. The van der Waals surface area contributed by atoms with Gasteiger partial charge in [0.2, 0.25) is 0 Å². The zero-order valence-corrected chi connectivity index (χ0v) is 12.3. The van der Waals surface area contributed by atoms with Gasteiger partial charge in [-0.1, -0.05) is 43.6 Å². The third-order valence-electron chi connectivity index (χ3n) is 2.98. The lowest BCUT2D eigenvalue weighted by Gasteiger charge is -2.08. The van der Waals surface area contributed by atoms with Gasteiger partial charge in [-0.2, -0.15) is 0 Å². The molecular formula is C15H13ClN2S. The molecule has 2 nitrogen and oxygen atoms in total. The van der Waals surface area contributed by atoms with Gasteiger partial charge in [0.1, 0.15) is 11.0 Å². The minimum Gasteiger partial charge on any atom is -0.232 e. The molecule has 4 heteroatoms.